The number of carbonyl (C=O) groups is 1. The average molecular weight is 279 g/mol. The van der Waals surface area contributed by atoms with Gasteiger partial charge in [0.15, 0.2) is 17.2 Å². The molecule has 2 aromatic rings. The monoisotopic (exact) mass is 279 g/mol. The van der Waals surface area contributed by atoms with Gasteiger partial charge in [-0.15, -0.1) is 0 Å². The third-order valence-corrected chi connectivity index (χ3v) is 3.49. The molecule has 2 unspecified atom stereocenters. The molecule has 1 heterocycles. The third kappa shape index (κ3) is 2.99. The van der Waals surface area contributed by atoms with E-state index in [1.165, 1.54) is 12.1 Å². The van der Waals surface area contributed by atoms with Gasteiger partial charge >= 0.3 is 0 Å². The van der Waals surface area contributed by atoms with E-state index in [0.29, 0.717) is 5.39 Å². The van der Waals surface area contributed by atoms with Gasteiger partial charge in [-0.1, -0.05) is 32.4 Å². The number of para-hydroxylation sites is 1. The summed E-state index contributed by atoms with van der Waals surface area (Å²) in [7, 11) is 0. The van der Waals surface area contributed by atoms with Gasteiger partial charge < -0.3 is 14.8 Å². The standard InChI is InChI=1S/C15H18FNO3/c1-3-9(2)12(18)8-17-15(19)13-7-10-5-4-6-11(16)14(10)20-13/h4-7,9,12,18H,3,8H2,1-2H3,(H,17,19). The Morgan fingerprint density at radius 3 is 2.90 bits per heavy atom. The molecular weight excluding hydrogens is 261 g/mol. The number of halogens is 1. The lowest BCUT2D eigenvalue weighted by Crippen LogP contribution is -2.35. The van der Waals surface area contributed by atoms with Gasteiger partial charge in [-0.25, -0.2) is 4.39 Å². The van der Waals surface area contributed by atoms with Crippen LogP contribution in [0.25, 0.3) is 11.0 Å². The second-order valence-electron chi connectivity index (χ2n) is 4.93. The number of amides is 1. The molecule has 0 aliphatic rings. The van der Waals surface area contributed by atoms with Gasteiger partial charge in [0.1, 0.15) is 0 Å². The molecule has 0 spiro atoms. The Bertz CT molecular complexity index is 608. The molecule has 1 amide bonds. The zero-order chi connectivity index (χ0) is 14.7. The van der Waals surface area contributed by atoms with Crippen molar-refractivity contribution in [3.05, 3.63) is 35.8 Å². The van der Waals surface area contributed by atoms with Crippen molar-refractivity contribution >= 4 is 16.9 Å². The fourth-order valence-electron chi connectivity index (χ4n) is 1.90. The molecular formula is C15H18FNO3. The molecule has 0 saturated carbocycles. The van der Waals surface area contributed by atoms with Crippen LogP contribution in [0.3, 0.4) is 0 Å². The van der Waals surface area contributed by atoms with E-state index in [1.54, 1.807) is 12.1 Å². The lowest BCUT2D eigenvalue weighted by atomic mass is 10.0. The maximum Gasteiger partial charge on any atom is 0.287 e. The first-order chi connectivity index (χ1) is 9.52. The molecule has 0 aliphatic heterocycles. The van der Waals surface area contributed by atoms with Gasteiger partial charge in [-0.3, -0.25) is 4.79 Å². The van der Waals surface area contributed by atoms with Crippen LogP contribution in [0.2, 0.25) is 0 Å². The number of rotatable bonds is 5. The second kappa shape index (κ2) is 6.05. The number of hydrogen-bond donors (Lipinski definition) is 2. The summed E-state index contributed by atoms with van der Waals surface area (Å²) in [4.78, 5) is 11.9. The fourth-order valence-corrected chi connectivity index (χ4v) is 1.90. The van der Waals surface area contributed by atoms with Crippen molar-refractivity contribution in [3.8, 4) is 0 Å². The highest BCUT2D eigenvalue weighted by Gasteiger charge is 2.17. The van der Waals surface area contributed by atoms with Crippen LogP contribution in [0.4, 0.5) is 4.39 Å². The normalized spacial score (nSPS) is 14.2. The van der Waals surface area contributed by atoms with Crippen molar-refractivity contribution in [1.29, 1.82) is 0 Å². The van der Waals surface area contributed by atoms with Crippen molar-refractivity contribution in [2.24, 2.45) is 5.92 Å². The summed E-state index contributed by atoms with van der Waals surface area (Å²) in [6, 6.07) is 6.00. The topological polar surface area (TPSA) is 62.5 Å². The van der Waals surface area contributed by atoms with Crippen molar-refractivity contribution < 1.29 is 18.7 Å². The molecule has 1 aromatic heterocycles. The Balaban J connectivity index is 2.06. The van der Waals surface area contributed by atoms with Crippen molar-refractivity contribution in [1.82, 2.24) is 5.32 Å². The number of furan rings is 1. The van der Waals surface area contributed by atoms with Gasteiger partial charge in [0.2, 0.25) is 0 Å². The highest BCUT2D eigenvalue weighted by Crippen LogP contribution is 2.21. The summed E-state index contributed by atoms with van der Waals surface area (Å²) >= 11 is 0. The molecule has 0 aliphatic carbocycles. The summed E-state index contributed by atoms with van der Waals surface area (Å²) in [5.74, 6) is -0.811. The van der Waals surface area contributed by atoms with Crippen LogP contribution in [0.5, 0.6) is 0 Å². The number of aliphatic hydroxyl groups excluding tert-OH is 1. The third-order valence-electron chi connectivity index (χ3n) is 3.49. The van der Waals surface area contributed by atoms with E-state index in [9.17, 15) is 14.3 Å². The lowest BCUT2D eigenvalue weighted by molar-refractivity contribution is 0.0829. The molecule has 108 valence electrons. The van der Waals surface area contributed by atoms with Gasteiger partial charge in [0.25, 0.3) is 5.91 Å². The maximum atomic E-state index is 13.5. The molecule has 2 rings (SSSR count). The highest BCUT2D eigenvalue weighted by atomic mass is 19.1. The quantitative estimate of drug-likeness (QED) is 0.884. The summed E-state index contributed by atoms with van der Waals surface area (Å²) < 4.78 is 18.7. The van der Waals surface area contributed by atoms with E-state index in [-0.39, 0.29) is 23.8 Å². The molecule has 5 heteroatoms. The Labute approximate surface area is 116 Å². The van der Waals surface area contributed by atoms with E-state index in [2.05, 4.69) is 5.32 Å². The minimum absolute atomic E-state index is 0.0430. The minimum Gasteiger partial charge on any atom is -0.448 e. The number of nitrogens with one attached hydrogen (secondary N) is 1. The summed E-state index contributed by atoms with van der Waals surface area (Å²) in [5.41, 5.74) is 0.0696. The van der Waals surface area contributed by atoms with Crippen LogP contribution >= 0.6 is 0 Å². The minimum atomic E-state index is -0.606. The predicted molar refractivity (Wildman–Crippen MR) is 74.0 cm³/mol. The average Bonchev–Trinajstić information content (AvgIpc) is 2.89. The van der Waals surface area contributed by atoms with E-state index in [0.717, 1.165) is 6.42 Å². The Hall–Kier alpha value is -1.88. The van der Waals surface area contributed by atoms with Gasteiger partial charge in [0, 0.05) is 11.9 Å². The zero-order valence-electron chi connectivity index (χ0n) is 11.5. The zero-order valence-corrected chi connectivity index (χ0v) is 11.5. The fraction of sp³-hybridized carbons (Fsp3) is 0.400. The number of fused-ring (bicyclic) bond motifs is 1. The smallest absolute Gasteiger partial charge is 0.287 e. The van der Waals surface area contributed by atoms with E-state index >= 15 is 0 Å². The Morgan fingerprint density at radius 1 is 1.50 bits per heavy atom. The van der Waals surface area contributed by atoms with E-state index in [1.807, 2.05) is 13.8 Å². The predicted octanol–water partition coefficient (Wildman–Crippen LogP) is 2.71. The Morgan fingerprint density at radius 2 is 2.25 bits per heavy atom. The summed E-state index contributed by atoms with van der Waals surface area (Å²) in [6.07, 6.45) is 0.220. The van der Waals surface area contributed by atoms with Crippen molar-refractivity contribution in [3.63, 3.8) is 0 Å². The molecule has 1 aromatic carbocycles. The molecule has 2 N–H and O–H groups in total. The van der Waals surface area contributed by atoms with Crippen LogP contribution in [0.1, 0.15) is 30.8 Å². The van der Waals surface area contributed by atoms with Gasteiger partial charge in [0.05, 0.1) is 6.10 Å². The number of carbonyl (C=O) groups excluding carboxylic acids is 1. The molecule has 0 radical (unpaired) electrons. The maximum absolute atomic E-state index is 13.5. The van der Waals surface area contributed by atoms with Crippen LogP contribution in [-0.4, -0.2) is 23.7 Å². The van der Waals surface area contributed by atoms with Crippen LogP contribution in [0.15, 0.2) is 28.7 Å². The lowest BCUT2D eigenvalue weighted by Gasteiger charge is -2.16. The second-order valence-corrected chi connectivity index (χ2v) is 4.93. The molecule has 20 heavy (non-hydrogen) atoms. The molecule has 0 bridgehead atoms. The Kier molecular flexibility index (Phi) is 4.39. The first-order valence-corrected chi connectivity index (χ1v) is 6.67. The largest absolute Gasteiger partial charge is 0.448 e. The first-order valence-electron chi connectivity index (χ1n) is 6.67. The van der Waals surface area contributed by atoms with E-state index < -0.39 is 17.8 Å². The van der Waals surface area contributed by atoms with Gasteiger partial charge in [-0.2, -0.15) is 0 Å². The first kappa shape index (κ1) is 14.5. The number of benzene rings is 1. The molecule has 0 fully saturated rings. The van der Waals surface area contributed by atoms with Crippen LogP contribution in [0, 0.1) is 11.7 Å². The molecule has 2 atom stereocenters. The van der Waals surface area contributed by atoms with Crippen molar-refractivity contribution in [2.45, 2.75) is 26.4 Å². The van der Waals surface area contributed by atoms with Gasteiger partial charge in [-0.05, 0) is 18.1 Å². The summed E-state index contributed by atoms with van der Waals surface area (Å²) in [6.45, 7) is 4.03. The van der Waals surface area contributed by atoms with Crippen LogP contribution < -0.4 is 5.32 Å². The summed E-state index contributed by atoms with van der Waals surface area (Å²) in [5, 5.41) is 12.9. The SMILES string of the molecule is CCC(C)C(O)CNC(=O)c1cc2cccc(F)c2o1. The number of hydrogen-bond acceptors (Lipinski definition) is 3. The molecule has 0 saturated heterocycles. The molecule has 4 nitrogen and oxygen atoms in total. The van der Waals surface area contributed by atoms with E-state index in [4.69, 9.17) is 4.42 Å². The van der Waals surface area contributed by atoms with Crippen molar-refractivity contribution in [2.75, 3.05) is 6.54 Å². The highest BCUT2D eigenvalue weighted by molar-refractivity contribution is 5.96. The number of aliphatic hydroxyl groups is 1. The van der Waals surface area contributed by atoms with Crippen LogP contribution in [-0.2, 0) is 0 Å².